The Morgan fingerprint density at radius 3 is 1.06 bits per heavy atom. The lowest BCUT2D eigenvalue weighted by atomic mass is 10.0. The van der Waals surface area contributed by atoms with Crippen molar-refractivity contribution in [3.05, 3.63) is 12.2 Å². The summed E-state index contributed by atoms with van der Waals surface area (Å²) in [5, 5.41) is 9.63. The molecule has 4 nitrogen and oxygen atoms in total. The molecule has 0 spiro atoms. The predicted octanol–water partition coefficient (Wildman–Crippen LogP) is 16.5. The third kappa shape index (κ3) is 45.5. The molecule has 0 saturated heterocycles. The number of unbranched alkanes of at least 4 members (excludes halogenated alkanes) is 37. The molecule has 1 N–H and O–H groups in total. The summed E-state index contributed by atoms with van der Waals surface area (Å²) in [6.45, 7) is 5.39. The molecule has 4 heteroatoms. The number of esters is 1. The Labute approximate surface area is 339 Å². The molecule has 0 fully saturated rings. The van der Waals surface area contributed by atoms with Gasteiger partial charge in [0.05, 0.1) is 13.2 Å². The van der Waals surface area contributed by atoms with Crippen LogP contribution in [0.5, 0.6) is 0 Å². The Balaban J connectivity index is 3.35. The molecule has 322 valence electrons. The maximum atomic E-state index is 12.3. The molecule has 0 aliphatic heterocycles. The number of carbonyl (C=O) groups is 1. The molecule has 0 rings (SSSR count). The molecule has 0 bridgehead atoms. The van der Waals surface area contributed by atoms with E-state index in [4.69, 9.17) is 9.47 Å². The highest BCUT2D eigenvalue weighted by Gasteiger charge is 2.13. The molecule has 0 aromatic carbocycles. The highest BCUT2D eigenvalue weighted by atomic mass is 16.6. The van der Waals surface area contributed by atoms with Crippen LogP contribution in [0.2, 0.25) is 0 Å². The predicted molar refractivity (Wildman–Crippen MR) is 238 cm³/mol. The van der Waals surface area contributed by atoms with E-state index in [0.717, 1.165) is 19.3 Å². The van der Waals surface area contributed by atoms with Gasteiger partial charge >= 0.3 is 5.97 Å². The average molecular weight is 763 g/mol. The Hall–Kier alpha value is -0.870. The van der Waals surface area contributed by atoms with E-state index in [2.05, 4.69) is 26.0 Å². The highest BCUT2D eigenvalue weighted by Crippen LogP contribution is 2.17. The second-order valence-corrected chi connectivity index (χ2v) is 16.9. The monoisotopic (exact) mass is 763 g/mol. The Morgan fingerprint density at radius 2 is 0.722 bits per heavy atom. The van der Waals surface area contributed by atoms with Crippen molar-refractivity contribution in [1.82, 2.24) is 0 Å². The molecule has 0 aromatic rings. The zero-order valence-electron chi connectivity index (χ0n) is 37.0. The lowest BCUT2D eigenvalue weighted by Gasteiger charge is -2.15. The van der Waals surface area contributed by atoms with Gasteiger partial charge in [0.25, 0.3) is 0 Å². The maximum Gasteiger partial charge on any atom is 0.306 e. The summed E-state index contributed by atoms with van der Waals surface area (Å²) in [5.74, 6) is -0.195. The smallest absolute Gasteiger partial charge is 0.306 e. The number of aliphatic hydroxyl groups excluding tert-OH is 1. The second kappa shape index (κ2) is 48.3. The quantitative estimate of drug-likeness (QED) is 0.0381. The Bertz CT molecular complexity index is 721. The fourth-order valence-corrected chi connectivity index (χ4v) is 7.62. The van der Waals surface area contributed by atoms with Gasteiger partial charge in [-0.05, 0) is 38.5 Å². The number of ether oxygens (including phenoxy) is 2. The topological polar surface area (TPSA) is 55.8 Å². The van der Waals surface area contributed by atoms with Gasteiger partial charge < -0.3 is 14.6 Å². The summed E-state index contributed by atoms with van der Waals surface area (Å²) < 4.78 is 11.2. The van der Waals surface area contributed by atoms with Crippen molar-refractivity contribution in [2.24, 2.45) is 0 Å². The van der Waals surface area contributed by atoms with Crippen molar-refractivity contribution in [2.75, 3.05) is 19.8 Å². The summed E-state index contributed by atoms with van der Waals surface area (Å²) in [7, 11) is 0. The van der Waals surface area contributed by atoms with Crippen LogP contribution in [-0.2, 0) is 14.3 Å². The second-order valence-electron chi connectivity index (χ2n) is 16.9. The van der Waals surface area contributed by atoms with E-state index < -0.39 is 6.10 Å². The summed E-state index contributed by atoms with van der Waals surface area (Å²) in [5.41, 5.74) is 0. The molecule has 54 heavy (non-hydrogen) atoms. The first kappa shape index (κ1) is 53.1. The van der Waals surface area contributed by atoms with Crippen molar-refractivity contribution in [3.8, 4) is 0 Å². The summed E-state index contributed by atoms with van der Waals surface area (Å²) in [6, 6.07) is 0. The first-order valence-electron chi connectivity index (χ1n) is 24.8. The molecule has 0 radical (unpaired) electrons. The van der Waals surface area contributed by atoms with Crippen LogP contribution in [0.1, 0.15) is 277 Å². The number of carbonyl (C=O) groups excluding carboxylic acids is 1. The van der Waals surface area contributed by atoms with Gasteiger partial charge in [-0.15, -0.1) is 0 Å². The van der Waals surface area contributed by atoms with Gasteiger partial charge in [0.15, 0.2) is 0 Å². The zero-order chi connectivity index (χ0) is 39.1. The van der Waals surface area contributed by atoms with Gasteiger partial charge in [-0.3, -0.25) is 4.79 Å². The molecule has 0 aliphatic carbocycles. The van der Waals surface area contributed by atoms with Crippen LogP contribution in [0, 0.1) is 0 Å². The van der Waals surface area contributed by atoms with Crippen LogP contribution in [-0.4, -0.2) is 37.0 Å². The molecule has 0 aliphatic rings. The highest BCUT2D eigenvalue weighted by molar-refractivity contribution is 5.69. The van der Waals surface area contributed by atoms with Crippen molar-refractivity contribution >= 4 is 5.97 Å². The van der Waals surface area contributed by atoms with Crippen LogP contribution in [0.4, 0.5) is 0 Å². The van der Waals surface area contributed by atoms with Crippen LogP contribution < -0.4 is 0 Å². The fourth-order valence-electron chi connectivity index (χ4n) is 7.62. The molecule has 1 unspecified atom stereocenters. The molecular weight excluding hydrogens is 665 g/mol. The van der Waals surface area contributed by atoms with Gasteiger partial charge in [0.2, 0.25) is 0 Å². The van der Waals surface area contributed by atoms with Crippen molar-refractivity contribution in [1.29, 1.82) is 0 Å². The van der Waals surface area contributed by atoms with Gasteiger partial charge in [-0.25, -0.2) is 0 Å². The van der Waals surface area contributed by atoms with Gasteiger partial charge in [-0.1, -0.05) is 244 Å². The third-order valence-electron chi connectivity index (χ3n) is 11.3. The Kier molecular flexibility index (Phi) is 47.5. The largest absolute Gasteiger partial charge is 0.457 e. The van der Waals surface area contributed by atoms with E-state index in [1.165, 1.54) is 238 Å². The normalized spacial score (nSPS) is 12.3. The van der Waals surface area contributed by atoms with E-state index in [0.29, 0.717) is 19.6 Å². The van der Waals surface area contributed by atoms with Gasteiger partial charge in [0, 0.05) is 13.0 Å². The molecule has 1 atom stereocenters. The minimum Gasteiger partial charge on any atom is -0.457 e. The van der Waals surface area contributed by atoms with Crippen molar-refractivity contribution in [3.63, 3.8) is 0 Å². The molecule has 0 aromatic heterocycles. The van der Waals surface area contributed by atoms with Crippen LogP contribution >= 0.6 is 0 Å². The minimum absolute atomic E-state index is 0.168. The number of aliphatic hydroxyl groups is 1. The summed E-state index contributed by atoms with van der Waals surface area (Å²) in [4.78, 5) is 12.3. The fraction of sp³-hybridized carbons (Fsp3) is 0.940. The zero-order valence-corrected chi connectivity index (χ0v) is 37.0. The van der Waals surface area contributed by atoms with E-state index in [-0.39, 0.29) is 12.6 Å². The maximum absolute atomic E-state index is 12.3. The van der Waals surface area contributed by atoms with E-state index in [1.54, 1.807) is 0 Å². The van der Waals surface area contributed by atoms with Crippen LogP contribution in [0.3, 0.4) is 0 Å². The van der Waals surface area contributed by atoms with E-state index >= 15 is 0 Å². The lowest BCUT2D eigenvalue weighted by molar-refractivity contribution is -0.154. The first-order valence-corrected chi connectivity index (χ1v) is 24.8. The molecule has 0 heterocycles. The number of hydrogen-bond donors (Lipinski definition) is 1. The Morgan fingerprint density at radius 1 is 0.426 bits per heavy atom. The van der Waals surface area contributed by atoms with Crippen LogP contribution in [0.15, 0.2) is 12.2 Å². The number of rotatable bonds is 47. The molecule has 0 amide bonds. The van der Waals surface area contributed by atoms with Crippen molar-refractivity contribution < 1.29 is 19.4 Å². The molecular formula is C50H98O4. The third-order valence-corrected chi connectivity index (χ3v) is 11.3. The first-order chi connectivity index (χ1) is 26.7. The summed E-state index contributed by atoms with van der Waals surface area (Å²) in [6.07, 6.45) is 58.7. The van der Waals surface area contributed by atoms with Crippen molar-refractivity contribution in [2.45, 2.75) is 283 Å². The lowest BCUT2D eigenvalue weighted by Crippen LogP contribution is -2.27. The van der Waals surface area contributed by atoms with Crippen LogP contribution in [0.25, 0.3) is 0 Å². The molecule has 0 saturated carbocycles. The van der Waals surface area contributed by atoms with E-state index in [9.17, 15) is 9.90 Å². The van der Waals surface area contributed by atoms with E-state index in [1.807, 2.05) is 0 Å². The minimum atomic E-state index is -0.532. The SMILES string of the molecule is CCCCCCCCC/C=C\CCCCCCCCOCC(CO)OC(=O)CCCCCCCCCCCCCCCCCCCCCCCCCCC. The average Bonchev–Trinajstić information content (AvgIpc) is 3.18. The summed E-state index contributed by atoms with van der Waals surface area (Å²) >= 11 is 0. The standard InChI is InChI=1S/C50H98O4/c1-3-5-7-9-11-13-15-17-19-21-22-23-24-25-26-27-28-29-31-33-35-37-39-41-43-45-50(52)54-49(47-51)48-53-46-44-42-40-38-36-34-32-30-20-18-16-14-12-10-8-6-4-2/h20,30,49,51H,3-19,21-29,31-48H2,1-2H3/b30-20-. The number of hydrogen-bond acceptors (Lipinski definition) is 4. The van der Waals surface area contributed by atoms with Gasteiger partial charge in [0.1, 0.15) is 6.10 Å². The number of allylic oxidation sites excluding steroid dienone is 2. The van der Waals surface area contributed by atoms with Gasteiger partial charge in [-0.2, -0.15) is 0 Å².